The average Bonchev–Trinajstić information content (AvgIpc) is 2.24. The lowest BCUT2D eigenvalue weighted by Crippen LogP contribution is -2.31. The van der Waals surface area contributed by atoms with Gasteiger partial charge in [-0.3, -0.25) is 0 Å². The first-order valence-corrected chi connectivity index (χ1v) is 4.79. The van der Waals surface area contributed by atoms with Gasteiger partial charge in [-0.1, -0.05) is 24.3 Å². The van der Waals surface area contributed by atoms with Crippen LogP contribution in [0, 0.1) is 10.8 Å². The highest BCUT2D eigenvalue weighted by Gasteiger charge is 2.19. The fraction of sp³-hybridized carbons (Fsp3) is 0.167. The summed E-state index contributed by atoms with van der Waals surface area (Å²) >= 11 is 0. The van der Waals surface area contributed by atoms with Gasteiger partial charge in [0.1, 0.15) is 12.2 Å². The molecule has 2 rings (SSSR count). The molecule has 3 heteroatoms. The third-order valence-electron chi connectivity index (χ3n) is 2.25. The Kier molecular flexibility index (Phi) is 2.74. The first kappa shape index (κ1) is 9.80. The van der Waals surface area contributed by atoms with Crippen molar-refractivity contribution >= 4 is 11.4 Å². The summed E-state index contributed by atoms with van der Waals surface area (Å²) in [7, 11) is 0. The summed E-state index contributed by atoms with van der Waals surface area (Å²) in [6.45, 7) is 0. The number of hydrogen-bond acceptors (Lipinski definition) is 3. The molecule has 0 spiro atoms. The van der Waals surface area contributed by atoms with E-state index < -0.39 is 0 Å². The van der Waals surface area contributed by atoms with E-state index in [4.69, 9.17) is 15.6 Å². The summed E-state index contributed by atoms with van der Waals surface area (Å²) in [4.78, 5) is 0. The molecule has 0 heterocycles. The van der Waals surface area contributed by atoms with Gasteiger partial charge in [0.25, 0.3) is 0 Å². The van der Waals surface area contributed by atoms with E-state index in [1.807, 2.05) is 36.5 Å². The van der Waals surface area contributed by atoms with Crippen LogP contribution in [-0.2, 0) is 4.74 Å². The van der Waals surface area contributed by atoms with Gasteiger partial charge in [0, 0.05) is 0 Å². The fourth-order valence-corrected chi connectivity index (χ4v) is 1.44. The van der Waals surface area contributed by atoms with Crippen LogP contribution in [0.5, 0.6) is 0 Å². The Hall–Kier alpha value is -1.74. The van der Waals surface area contributed by atoms with E-state index in [1.165, 1.54) is 0 Å². The number of allylic oxidation sites excluding steroid dienone is 4. The van der Waals surface area contributed by atoms with Crippen LogP contribution in [-0.4, -0.2) is 23.6 Å². The van der Waals surface area contributed by atoms with E-state index >= 15 is 0 Å². The topological polar surface area (TPSA) is 56.9 Å². The van der Waals surface area contributed by atoms with Crippen LogP contribution in [0.25, 0.3) is 0 Å². The van der Waals surface area contributed by atoms with Gasteiger partial charge in [-0.15, -0.1) is 0 Å². The molecule has 2 unspecified atom stereocenters. The zero-order valence-corrected chi connectivity index (χ0v) is 8.18. The molecule has 2 atom stereocenters. The average molecular weight is 200 g/mol. The third kappa shape index (κ3) is 2.19. The molecular weight excluding hydrogens is 188 g/mol. The summed E-state index contributed by atoms with van der Waals surface area (Å²) in [5.74, 6) is 0. The molecule has 0 fully saturated rings. The fourth-order valence-electron chi connectivity index (χ4n) is 1.44. The Morgan fingerprint density at radius 1 is 0.800 bits per heavy atom. The minimum atomic E-state index is -0.337. The molecule has 0 saturated carbocycles. The highest BCUT2D eigenvalue weighted by atomic mass is 16.5. The predicted molar refractivity (Wildman–Crippen MR) is 60.7 cm³/mol. The Labute approximate surface area is 88.5 Å². The van der Waals surface area contributed by atoms with Crippen molar-refractivity contribution in [3.05, 3.63) is 48.6 Å². The Morgan fingerprint density at radius 3 is 1.67 bits per heavy atom. The molecule has 0 bridgehead atoms. The van der Waals surface area contributed by atoms with Crippen LogP contribution in [0.15, 0.2) is 48.6 Å². The largest absolute Gasteiger partial charge is 0.354 e. The predicted octanol–water partition coefficient (Wildman–Crippen LogP) is 2.03. The maximum atomic E-state index is 7.65. The second-order valence-electron chi connectivity index (χ2n) is 3.38. The SMILES string of the molecule is N=C1C=CC=CC1OC1C=CC=CC1=N. The maximum absolute atomic E-state index is 7.65. The Morgan fingerprint density at radius 2 is 1.27 bits per heavy atom. The van der Waals surface area contributed by atoms with Crippen molar-refractivity contribution in [1.29, 1.82) is 10.8 Å². The van der Waals surface area contributed by atoms with Crippen LogP contribution >= 0.6 is 0 Å². The van der Waals surface area contributed by atoms with Crippen molar-refractivity contribution < 1.29 is 4.74 Å². The van der Waals surface area contributed by atoms with Crippen LogP contribution in [0.2, 0.25) is 0 Å². The molecule has 0 aromatic heterocycles. The molecule has 0 aromatic carbocycles. The minimum Gasteiger partial charge on any atom is -0.354 e. The van der Waals surface area contributed by atoms with E-state index in [1.54, 1.807) is 12.2 Å². The summed E-state index contributed by atoms with van der Waals surface area (Å²) < 4.78 is 5.63. The number of nitrogens with one attached hydrogen (secondary N) is 2. The van der Waals surface area contributed by atoms with E-state index in [0.717, 1.165) is 0 Å². The van der Waals surface area contributed by atoms with Gasteiger partial charge in [0.2, 0.25) is 0 Å². The summed E-state index contributed by atoms with van der Waals surface area (Å²) in [6, 6.07) is 0. The van der Waals surface area contributed by atoms with Gasteiger partial charge < -0.3 is 15.6 Å². The van der Waals surface area contributed by atoms with Crippen LogP contribution in [0.1, 0.15) is 0 Å². The highest BCUT2D eigenvalue weighted by molar-refractivity contribution is 6.01. The molecule has 2 aliphatic carbocycles. The van der Waals surface area contributed by atoms with Gasteiger partial charge in [-0.05, 0) is 24.3 Å². The molecule has 2 N–H and O–H groups in total. The van der Waals surface area contributed by atoms with Crippen molar-refractivity contribution in [2.24, 2.45) is 0 Å². The Bertz CT molecular complexity index is 364. The maximum Gasteiger partial charge on any atom is 0.118 e. The van der Waals surface area contributed by atoms with Crippen LogP contribution < -0.4 is 0 Å². The van der Waals surface area contributed by atoms with Crippen molar-refractivity contribution in [2.45, 2.75) is 12.2 Å². The lowest BCUT2D eigenvalue weighted by molar-refractivity contribution is 0.119. The monoisotopic (exact) mass is 200 g/mol. The van der Waals surface area contributed by atoms with E-state index in [0.29, 0.717) is 11.4 Å². The van der Waals surface area contributed by atoms with Crippen molar-refractivity contribution in [3.8, 4) is 0 Å². The first-order chi connectivity index (χ1) is 7.27. The summed E-state index contributed by atoms with van der Waals surface area (Å²) in [5, 5.41) is 15.3. The van der Waals surface area contributed by atoms with Gasteiger partial charge in [-0.25, -0.2) is 0 Å². The molecule has 0 aliphatic heterocycles. The van der Waals surface area contributed by atoms with Gasteiger partial charge in [0.15, 0.2) is 0 Å². The van der Waals surface area contributed by atoms with Crippen LogP contribution in [0.3, 0.4) is 0 Å². The molecule has 15 heavy (non-hydrogen) atoms. The zero-order chi connectivity index (χ0) is 10.7. The molecule has 0 saturated heterocycles. The second kappa shape index (κ2) is 4.19. The van der Waals surface area contributed by atoms with Crippen molar-refractivity contribution in [3.63, 3.8) is 0 Å². The smallest absolute Gasteiger partial charge is 0.118 e. The van der Waals surface area contributed by atoms with Crippen LogP contribution in [0.4, 0.5) is 0 Å². The second-order valence-corrected chi connectivity index (χ2v) is 3.38. The Balaban J connectivity index is 2.03. The van der Waals surface area contributed by atoms with E-state index in [2.05, 4.69) is 0 Å². The summed E-state index contributed by atoms with van der Waals surface area (Å²) in [5.41, 5.74) is 0.849. The van der Waals surface area contributed by atoms with Crippen molar-refractivity contribution in [2.75, 3.05) is 0 Å². The van der Waals surface area contributed by atoms with Gasteiger partial charge >= 0.3 is 0 Å². The first-order valence-electron chi connectivity index (χ1n) is 4.79. The number of hydrogen-bond donors (Lipinski definition) is 2. The molecule has 0 radical (unpaired) electrons. The van der Waals surface area contributed by atoms with Gasteiger partial charge in [0.05, 0.1) is 11.4 Å². The zero-order valence-electron chi connectivity index (χ0n) is 8.18. The molecule has 76 valence electrons. The summed E-state index contributed by atoms with van der Waals surface area (Å²) in [6.07, 6.45) is 13.7. The van der Waals surface area contributed by atoms with E-state index in [-0.39, 0.29) is 12.2 Å². The quantitative estimate of drug-likeness (QED) is 0.704. The lowest BCUT2D eigenvalue weighted by atomic mass is 10.1. The standard InChI is InChI=1S/C12H12N2O/c13-9-5-1-3-7-11(9)15-12-8-4-2-6-10(12)14/h1-8,11-14H. The van der Waals surface area contributed by atoms with Gasteiger partial charge in [-0.2, -0.15) is 0 Å². The molecule has 0 aromatic rings. The van der Waals surface area contributed by atoms with E-state index in [9.17, 15) is 0 Å². The number of ether oxygens (including phenoxy) is 1. The normalized spacial score (nSPS) is 28.8. The number of rotatable bonds is 2. The minimum absolute atomic E-state index is 0.337. The van der Waals surface area contributed by atoms with Crippen molar-refractivity contribution in [1.82, 2.24) is 0 Å². The molecular formula is C12H12N2O. The molecule has 0 amide bonds. The molecule has 3 nitrogen and oxygen atoms in total. The lowest BCUT2D eigenvalue weighted by Gasteiger charge is -2.22. The highest BCUT2D eigenvalue weighted by Crippen LogP contribution is 2.12. The molecule has 2 aliphatic rings. The third-order valence-corrected chi connectivity index (χ3v) is 2.25.